The highest BCUT2D eigenvalue weighted by Crippen LogP contribution is 2.19. The van der Waals surface area contributed by atoms with Gasteiger partial charge in [0.1, 0.15) is 0 Å². The molecule has 0 radical (unpaired) electrons. The summed E-state index contributed by atoms with van der Waals surface area (Å²) in [4.78, 5) is 2.57. The van der Waals surface area contributed by atoms with E-state index in [4.69, 9.17) is 4.74 Å². The molecule has 0 amide bonds. The molecule has 0 aromatic carbocycles. The average molecular weight is 213 g/mol. The van der Waals surface area contributed by atoms with Gasteiger partial charge in [-0.2, -0.15) is 0 Å². The predicted molar refractivity (Wildman–Crippen MR) is 65.1 cm³/mol. The van der Waals surface area contributed by atoms with Crippen molar-refractivity contribution in [2.24, 2.45) is 5.92 Å². The third kappa shape index (κ3) is 4.52. The van der Waals surface area contributed by atoms with Crippen LogP contribution in [0.3, 0.4) is 0 Å². The van der Waals surface area contributed by atoms with Crippen LogP contribution in [0.5, 0.6) is 0 Å². The van der Waals surface area contributed by atoms with E-state index < -0.39 is 0 Å². The van der Waals surface area contributed by atoms with Crippen LogP contribution in [0.1, 0.15) is 47.0 Å². The van der Waals surface area contributed by atoms with Crippen molar-refractivity contribution in [3.05, 3.63) is 0 Å². The van der Waals surface area contributed by atoms with E-state index in [0.29, 0.717) is 12.1 Å². The minimum Gasteiger partial charge on any atom is -0.378 e. The fourth-order valence-electron chi connectivity index (χ4n) is 2.05. The van der Waals surface area contributed by atoms with Crippen LogP contribution in [0.25, 0.3) is 0 Å². The maximum absolute atomic E-state index is 5.81. The highest BCUT2D eigenvalue weighted by molar-refractivity contribution is 4.74. The molecule has 0 aromatic rings. The van der Waals surface area contributed by atoms with E-state index in [1.807, 2.05) is 0 Å². The number of hydrogen-bond donors (Lipinski definition) is 0. The summed E-state index contributed by atoms with van der Waals surface area (Å²) in [5, 5.41) is 0. The second-order valence-corrected chi connectivity index (χ2v) is 5.13. The highest BCUT2D eigenvalue weighted by Gasteiger charge is 2.21. The summed E-state index contributed by atoms with van der Waals surface area (Å²) < 4.78 is 5.81. The Labute approximate surface area is 95.0 Å². The van der Waals surface area contributed by atoms with Gasteiger partial charge in [0, 0.05) is 12.6 Å². The van der Waals surface area contributed by atoms with Crippen LogP contribution >= 0.6 is 0 Å². The predicted octanol–water partition coefficient (Wildman–Crippen LogP) is 2.92. The van der Waals surface area contributed by atoms with Crippen molar-refractivity contribution in [1.82, 2.24) is 4.90 Å². The molecule has 2 nitrogen and oxygen atoms in total. The van der Waals surface area contributed by atoms with Crippen LogP contribution in [-0.4, -0.2) is 36.7 Å². The third-order valence-electron chi connectivity index (χ3n) is 3.57. The first kappa shape index (κ1) is 13.0. The van der Waals surface area contributed by atoms with Gasteiger partial charge in [-0.1, -0.05) is 6.92 Å². The Hall–Kier alpha value is -0.0800. The Morgan fingerprint density at radius 3 is 2.27 bits per heavy atom. The smallest absolute Gasteiger partial charge is 0.0544 e. The summed E-state index contributed by atoms with van der Waals surface area (Å²) in [6.07, 6.45) is 4.20. The van der Waals surface area contributed by atoms with Gasteiger partial charge in [-0.05, 0) is 59.0 Å². The normalized spacial score (nSPS) is 22.2. The SMILES string of the molecule is CCC(C)OCC1CCN(C(C)C)CC1. The largest absolute Gasteiger partial charge is 0.378 e. The Bertz CT molecular complexity index is 162. The Kier molecular flexibility index (Phi) is 5.62. The molecule has 0 aromatic heterocycles. The van der Waals surface area contributed by atoms with Gasteiger partial charge in [0.15, 0.2) is 0 Å². The van der Waals surface area contributed by atoms with E-state index in [1.54, 1.807) is 0 Å². The number of rotatable bonds is 5. The van der Waals surface area contributed by atoms with Crippen LogP contribution in [-0.2, 0) is 4.74 Å². The number of likely N-dealkylation sites (tertiary alicyclic amines) is 1. The van der Waals surface area contributed by atoms with Crippen LogP contribution < -0.4 is 0 Å². The molecule has 15 heavy (non-hydrogen) atoms. The van der Waals surface area contributed by atoms with Crippen molar-refractivity contribution in [1.29, 1.82) is 0 Å². The molecule has 1 saturated heterocycles. The fraction of sp³-hybridized carbons (Fsp3) is 1.00. The van der Waals surface area contributed by atoms with Crippen LogP contribution in [0.4, 0.5) is 0 Å². The van der Waals surface area contributed by atoms with E-state index in [2.05, 4.69) is 32.6 Å². The van der Waals surface area contributed by atoms with Crippen molar-refractivity contribution in [2.45, 2.75) is 59.1 Å². The minimum atomic E-state index is 0.438. The van der Waals surface area contributed by atoms with Gasteiger partial charge in [-0.15, -0.1) is 0 Å². The van der Waals surface area contributed by atoms with Gasteiger partial charge in [0.2, 0.25) is 0 Å². The second kappa shape index (κ2) is 6.49. The molecule has 1 aliphatic heterocycles. The topological polar surface area (TPSA) is 12.5 Å². The molecule has 1 rings (SSSR count). The lowest BCUT2D eigenvalue weighted by molar-refractivity contribution is 0.0167. The summed E-state index contributed by atoms with van der Waals surface area (Å²) in [5.74, 6) is 0.800. The number of nitrogens with zero attached hydrogens (tertiary/aromatic N) is 1. The molecule has 90 valence electrons. The van der Waals surface area contributed by atoms with E-state index in [0.717, 1.165) is 18.9 Å². The molecule has 0 saturated carbocycles. The number of ether oxygens (including phenoxy) is 1. The van der Waals surface area contributed by atoms with E-state index >= 15 is 0 Å². The lowest BCUT2D eigenvalue weighted by Gasteiger charge is -2.34. The molecular formula is C13H27NO. The Morgan fingerprint density at radius 2 is 1.80 bits per heavy atom. The maximum Gasteiger partial charge on any atom is 0.0544 e. The van der Waals surface area contributed by atoms with Gasteiger partial charge >= 0.3 is 0 Å². The first-order chi connectivity index (χ1) is 7.13. The Morgan fingerprint density at radius 1 is 1.20 bits per heavy atom. The second-order valence-electron chi connectivity index (χ2n) is 5.13. The molecule has 1 fully saturated rings. The summed E-state index contributed by atoms with van der Waals surface area (Å²) in [7, 11) is 0. The average Bonchev–Trinajstić information content (AvgIpc) is 2.26. The third-order valence-corrected chi connectivity index (χ3v) is 3.57. The number of hydrogen-bond acceptors (Lipinski definition) is 2. The Balaban J connectivity index is 2.14. The standard InChI is InChI=1S/C13H27NO/c1-5-12(4)15-10-13-6-8-14(9-7-13)11(2)3/h11-13H,5-10H2,1-4H3. The van der Waals surface area contributed by atoms with E-state index in [-0.39, 0.29) is 0 Å². The lowest BCUT2D eigenvalue weighted by atomic mass is 9.97. The molecule has 0 aliphatic carbocycles. The monoisotopic (exact) mass is 213 g/mol. The maximum atomic E-state index is 5.81. The zero-order valence-corrected chi connectivity index (χ0v) is 10.8. The zero-order valence-electron chi connectivity index (χ0n) is 10.8. The summed E-state index contributed by atoms with van der Waals surface area (Å²) in [6.45, 7) is 12.4. The lowest BCUT2D eigenvalue weighted by Crippen LogP contribution is -2.39. The summed E-state index contributed by atoms with van der Waals surface area (Å²) in [6, 6.07) is 0.710. The van der Waals surface area contributed by atoms with Crippen LogP contribution in [0, 0.1) is 5.92 Å². The summed E-state index contributed by atoms with van der Waals surface area (Å²) in [5.41, 5.74) is 0. The van der Waals surface area contributed by atoms with Crippen LogP contribution in [0.2, 0.25) is 0 Å². The first-order valence-electron chi connectivity index (χ1n) is 6.49. The minimum absolute atomic E-state index is 0.438. The van der Waals surface area contributed by atoms with Gasteiger partial charge in [-0.3, -0.25) is 0 Å². The zero-order chi connectivity index (χ0) is 11.3. The van der Waals surface area contributed by atoms with Gasteiger partial charge in [0.05, 0.1) is 6.10 Å². The van der Waals surface area contributed by atoms with Crippen molar-refractivity contribution in [2.75, 3.05) is 19.7 Å². The molecule has 1 unspecified atom stereocenters. The number of piperidine rings is 1. The van der Waals surface area contributed by atoms with Crippen molar-refractivity contribution >= 4 is 0 Å². The molecule has 0 bridgehead atoms. The molecule has 1 aliphatic rings. The molecule has 2 heteroatoms. The quantitative estimate of drug-likeness (QED) is 0.696. The molecule has 0 N–H and O–H groups in total. The first-order valence-corrected chi connectivity index (χ1v) is 6.49. The van der Waals surface area contributed by atoms with E-state index in [9.17, 15) is 0 Å². The van der Waals surface area contributed by atoms with Crippen molar-refractivity contribution in [3.8, 4) is 0 Å². The summed E-state index contributed by atoms with van der Waals surface area (Å²) >= 11 is 0. The molecule has 1 heterocycles. The van der Waals surface area contributed by atoms with Crippen molar-refractivity contribution < 1.29 is 4.74 Å². The highest BCUT2D eigenvalue weighted by atomic mass is 16.5. The van der Waals surface area contributed by atoms with Crippen molar-refractivity contribution in [3.63, 3.8) is 0 Å². The van der Waals surface area contributed by atoms with Gasteiger partial charge in [0.25, 0.3) is 0 Å². The van der Waals surface area contributed by atoms with Gasteiger partial charge < -0.3 is 9.64 Å². The molecule has 1 atom stereocenters. The van der Waals surface area contributed by atoms with Gasteiger partial charge in [-0.25, -0.2) is 0 Å². The molecule has 0 spiro atoms. The van der Waals surface area contributed by atoms with E-state index in [1.165, 1.54) is 25.9 Å². The molecular weight excluding hydrogens is 186 g/mol. The fourth-order valence-corrected chi connectivity index (χ4v) is 2.05. The van der Waals surface area contributed by atoms with Crippen LogP contribution in [0.15, 0.2) is 0 Å².